The zero-order valence-electron chi connectivity index (χ0n) is 11.8. The van der Waals surface area contributed by atoms with Crippen LogP contribution in [0.25, 0.3) is 0 Å². The van der Waals surface area contributed by atoms with Crippen LogP contribution in [-0.2, 0) is 0 Å². The lowest BCUT2D eigenvalue weighted by atomic mass is 10.0. The van der Waals surface area contributed by atoms with Crippen molar-refractivity contribution in [2.45, 2.75) is 46.5 Å². The number of carbonyl (C=O) groups is 1. The maximum atomic E-state index is 10.8. The minimum atomic E-state index is -1.02. The molecule has 1 aromatic rings. The van der Waals surface area contributed by atoms with Crippen LogP contribution in [0, 0.1) is 12.8 Å². The molecule has 1 rings (SSSR count). The van der Waals surface area contributed by atoms with Crippen LogP contribution in [0.4, 0.5) is 0 Å². The van der Waals surface area contributed by atoms with Gasteiger partial charge in [0.25, 0.3) is 0 Å². The van der Waals surface area contributed by atoms with Crippen molar-refractivity contribution in [3.8, 4) is 6.01 Å². The molecule has 0 saturated heterocycles. The third kappa shape index (κ3) is 4.85. The standard InChI is InChI=1S/C14H22N2O3/c1-4-6-7-11(5-2)9-19-14-15-8-12(13(17)18)10(3)16-14/h8,11H,4-7,9H2,1-3H3,(H,17,18). The Balaban J connectivity index is 2.57. The summed E-state index contributed by atoms with van der Waals surface area (Å²) in [5.41, 5.74) is 0.546. The molecule has 1 aromatic heterocycles. The van der Waals surface area contributed by atoms with E-state index in [0.29, 0.717) is 18.2 Å². The summed E-state index contributed by atoms with van der Waals surface area (Å²) >= 11 is 0. The molecule has 1 atom stereocenters. The van der Waals surface area contributed by atoms with Gasteiger partial charge in [-0.15, -0.1) is 0 Å². The smallest absolute Gasteiger partial charge is 0.339 e. The second-order valence-corrected chi connectivity index (χ2v) is 4.68. The van der Waals surface area contributed by atoms with E-state index in [-0.39, 0.29) is 11.6 Å². The molecule has 0 aliphatic heterocycles. The Hall–Kier alpha value is -1.65. The Morgan fingerprint density at radius 3 is 2.74 bits per heavy atom. The highest BCUT2D eigenvalue weighted by Crippen LogP contribution is 2.15. The number of aromatic nitrogens is 2. The first kappa shape index (κ1) is 15.4. The number of hydrogen-bond donors (Lipinski definition) is 1. The van der Waals surface area contributed by atoms with Gasteiger partial charge in [0.2, 0.25) is 0 Å². The second-order valence-electron chi connectivity index (χ2n) is 4.68. The van der Waals surface area contributed by atoms with Crippen molar-refractivity contribution in [2.75, 3.05) is 6.61 Å². The van der Waals surface area contributed by atoms with Gasteiger partial charge in [0.1, 0.15) is 0 Å². The number of aromatic carboxylic acids is 1. The average Bonchev–Trinajstić information content (AvgIpc) is 2.38. The minimum Gasteiger partial charge on any atom is -0.478 e. The maximum Gasteiger partial charge on any atom is 0.339 e. The highest BCUT2D eigenvalue weighted by molar-refractivity contribution is 5.88. The van der Waals surface area contributed by atoms with E-state index in [1.807, 2.05) is 0 Å². The Labute approximate surface area is 114 Å². The topological polar surface area (TPSA) is 72.3 Å². The minimum absolute atomic E-state index is 0.116. The Kier molecular flexibility index (Phi) is 6.25. The molecule has 1 N–H and O–H groups in total. The molecular formula is C14H22N2O3. The van der Waals surface area contributed by atoms with Crippen LogP contribution in [-0.4, -0.2) is 27.7 Å². The molecule has 0 aliphatic carbocycles. The summed E-state index contributed by atoms with van der Waals surface area (Å²) in [6.07, 6.45) is 5.87. The van der Waals surface area contributed by atoms with Crippen molar-refractivity contribution in [3.63, 3.8) is 0 Å². The van der Waals surface area contributed by atoms with Gasteiger partial charge in [-0.2, -0.15) is 4.98 Å². The summed E-state index contributed by atoms with van der Waals surface area (Å²) in [6.45, 7) is 6.54. The van der Waals surface area contributed by atoms with Crippen LogP contribution < -0.4 is 4.74 Å². The Morgan fingerprint density at radius 1 is 1.47 bits per heavy atom. The number of aryl methyl sites for hydroxylation is 1. The third-order valence-corrected chi connectivity index (χ3v) is 3.18. The van der Waals surface area contributed by atoms with E-state index in [4.69, 9.17) is 9.84 Å². The van der Waals surface area contributed by atoms with Crippen molar-refractivity contribution in [2.24, 2.45) is 5.92 Å². The van der Waals surface area contributed by atoms with E-state index >= 15 is 0 Å². The van der Waals surface area contributed by atoms with Gasteiger partial charge >= 0.3 is 12.0 Å². The molecule has 1 heterocycles. The number of carboxylic acids is 1. The van der Waals surface area contributed by atoms with Crippen molar-refractivity contribution in [3.05, 3.63) is 17.5 Å². The summed E-state index contributed by atoms with van der Waals surface area (Å²) in [5.74, 6) is -0.513. The molecule has 0 fully saturated rings. The fraction of sp³-hybridized carbons (Fsp3) is 0.643. The van der Waals surface area contributed by atoms with Crippen molar-refractivity contribution in [1.82, 2.24) is 9.97 Å². The van der Waals surface area contributed by atoms with Gasteiger partial charge in [0.05, 0.1) is 17.9 Å². The van der Waals surface area contributed by atoms with Crippen LogP contribution in [0.5, 0.6) is 6.01 Å². The van der Waals surface area contributed by atoms with E-state index in [1.165, 1.54) is 19.0 Å². The predicted molar refractivity (Wildman–Crippen MR) is 72.5 cm³/mol. The first-order valence-corrected chi connectivity index (χ1v) is 6.78. The molecule has 0 spiro atoms. The van der Waals surface area contributed by atoms with Crippen LogP contribution in [0.1, 0.15) is 55.6 Å². The zero-order valence-corrected chi connectivity index (χ0v) is 11.8. The Bertz CT molecular complexity index is 421. The van der Waals surface area contributed by atoms with Crippen LogP contribution in [0.3, 0.4) is 0 Å². The van der Waals surface area contributed by atoms with E-state index in [2.05, 4.69) is 23.8 Å². The van der Waals surface area contributed by atoms with Gasteiger partial charge in [-0.1, -0.05) is 33.1 Å². The van der Waals surface area contributed by atoms with Gasteiger partial charge in [0.15, 0.2) is 0 Å². The first-order chi connectivity index (χ1) is 9.08. The van der Waals surface area contributed by atoms with E-state index in [9.17, 15) is 4.79 Å². The fourth-order valence-corrected chi connectivity index (χ4v) is 1.82. The van der Waals surface area contributed by atoms with Crippen LogP contribution in [0.15, 0.2) is 6.20 Å². The summed E-state index contributed by atoms with van der Waals surface area (Å²) in [6, 6.07) is 0.262. The second kappa shape index (κ2) is 7.71. The van der Waals surface area contributed by atoms with Gasteiger partial charge in [-0.25, -0.2) is 9.78 Å². The highest BCUT2D eigenvalue weighted by Gasteiger charge is 2.12. The molecule has 1 unspecified atom stereocenters. The molecular weight excluding hydrogens is 244 g/mol. The molecule has 0 aromatic carbocycles. The summed E-state index contributed by atoms with van der Waals surface area (Å²) < 4.78 is 5.56. The predicted octanol–water partition coefficient (Wildman–Crippen LogP) is 3.08. The fourth-order valence-electron chi connectivity index (χ4n) is 1.82. The van der Waals surface area contributed by atoms with Crippen molar-refractivity contribution in [1.29, 1.82) is 0 Å². The van der Waals surface area contributed by atoms with Crippen LogP contribution in [0.2, 0.25) is 0 Å². The van der Waals surface area contributed by atoms with Gasteiger partial charge in [-0.05, 0) is 19.3 Å². The lowest BCUT2D eigenvalue weighted by Crippen LogP contribution is -2.13. The number of rotatable bonds is 8. The first-order valence-electron chi connectivity index (χ1n) is 6.78. The molecule has 19 heavy (non-hydrogen) atoms. The molecule has 0 saturated carbocycles. The molecule has 106 valence electrons. The van der Waals surface area contributed by atoms with Gasteiger partial charge < -0.3 is 9.84 Å². The Morgan fingerprint density at radius 2 is 2.21 bits per heavy atom. The largest absolute Gasteiger partial charge is 0.478 e. The SMILES string of the molecule is CCCCC(CC)COc1ncc(C(=O)O)c(C)n1. The number of carboxylic acid groups (broad SMARTS) is 1. The van der Waals surface area contributed by atoms with Crippen molar-refractivity contribution < 1.29 is 14.6 Å². The third-order valence-electron chi connectivity index (χ3n) is 3.18. The van der Waals surface area contributed by atoms with Crippen molar-refractivity contribution >= 4 is 5.97 Å². The molecule has 0 radical (unpaired) electrons. The average molecular weight is 266 g/mol. The monoisotopic (exact) mass is 266 g/mol. The maximum absolute atomic E-state index is 10.8. The summed E-state index contributed by atoms with van der Waals surface area (Å²) in [7, 11) is 0. The van der Waals surface area contributed by atoms with E-state index in [1.54, 1.807) is 6.92 Å². The molecule has 5 heteroatoms. The quantitative estimate of drug-likeness (QED) is 0.782. The normalized spacial score (nSPS) is 12.2. The number of unbranched alkanes of at least 4 members (excludes halogenated alkanes) is 1. The lowest BCUT2D eigenvalue weighted by molar-refractivity contribution is 0.0694. The number of hydrogen-bond acceptors (Lipinski definition) is 4. The molecule has 0 aliphatic rings. The van der Waals surface area contributed by atoms with Gasteiger partial charge in [-0.3, -0.25) is 0 Å². The zero-order chi connectivity index (χ0) is 14.3. The molecule has 0 bridgehead atoms. The van der Waals surface area contributed by atoms with E-state index in [0.717, 1.165) is 12.8 Å². The van der Waals surface area contributed by atoms with E-state index < -0.39 is 5.97 Å². The molecule has 5 nitrogen and oxygen atoms in total. The lowest BCUT2D eigenvalue weighted by Gasteiger charge is -2.14. The summed E-state index contributed by atoms with van der Waals surface area (Å²) in [4.78, 5) is 18.8. The number of nitrogens with zero attached hydrogens (tertiary/aromatic N) is 2. The highest BCUT2D eigenvalue weighted by atomic mass is 16.5. The number of ether oxygens (including phenoxy) is 1. The van der Waals surface area contributed by atoms with Crippen LogP contribution >= 0.6 is 0 Å². The summed E-state index contributed by atoms with van der Waals surface area (Å²) in [5, 5.41) is 8.89. The molecule has 0 amide bonds. The van der Waals surface area contributed by atoms with Gasteiger partial charge in [0, 0.05) is 6.20 Å².